The highest BCUT2D eigenvalue weighted by molar-refractivity contribution is 6.09. The number of ether oxygens (including phenoxy) is 1. The van der Waals surface area contributed by atoms with Crippen LogP contribution < -0.4 is 20.4 Å². The molecule has 0 aromatic heterocycles. The molecule has 0 bridgehead atoms. The quantitative estimate of drug-likeness (QED) is 0.846. The van der Waals surface area contributed by atoms with Crippen molar-refractivity contribution >= 4 is 17.4 Å². The first-order valence-electron chi connectivity index (χ1n) is 10.4. The largest absolute Gasteiger partial charge is 0.483 e. The average Bonchev–Trinajstić information content (AvgIpc) is 2.76. The van der Waals surface area contributed by atoms with Crippen molar-refractivity contribution in [1.29, 1.82) is 0 Å². The van der Waals surface area contributed by atoms with Crippen LogP contribution in [0.1, 0.15) is 36.8 Å². The molecule has 6 nitrogen and oxygen atoms in total. The highest BCUT2D eigenvalue weighted by Crippen LogP contribution is 2.39. The van der Waals surface area contributed by atoms with Gasteiger partial charge in [0.15, 0.2) is 5.84 Å². The summed E-state index contributed by atoms with van der Waals surface area (Å²) in [5.74, 6) is 1.99. The van der Waals surface area contributed by atoms with Crippen molar-refractivity contribution in [2.75, 3.05) is 18.1 Å². The molecule has 1 unspecified atom stereocenters. The van der Waals surface area contributed by atoms with Gasteiger partial charge < -0.3 is 15.0 Å². The highest BCUT2D eigenvalue weighted by Gasteiger charge is 2.35. The molecule has 2 aromatic carbocycles. The van der Waals surface area contributed by atoms with Gasteiger partial charge in [0.25, 0.3) is 5.91 Å². The summed E-state index contributed by atoms with van der Waals surface area (Å²) in [6, 6.07) is 17.3. The summed E-state index contributed by atoms with van der Waals surface area (Å²) in [6.07, 6.45) is 3.26. The Balaban J connectivity index is 1.39. The second-order valence-electron chi connectivity index (χ2n) is 8.13. The van der Waals surface area contributed by atoms with Crippen LogP contribution >= 0.6 is 0 Å². The number of nitrogens with one attached hydrogen (secondary N) is 2. The molecule has 2 aromatic rings. The normalized spacial score (nSPS) is 26.0. The van der Waals surface area contributed by atoms with Crippen molar-refractivity contribution in [3.8, 4) is 5.75 Å². The van der Waals surface area contributed by atoms with Gasteiger partial charge in [-0.3, -0.25) is 4.79 Å². The summed E-state index contributed by atoms with van der Waals surface area (Å²) in [4.78, 5) is 14.2. The van der Waals surface area contributed by atoms with Crippen molar-refractivity contribution in [2.24, 2.45) is 5.10 Å². The summed E-state index contributed by atoms with van der Waals surface area (Å²) < 4.78 is 5.88. The van der Waals surface area contributed by atoms with E-state index < -0.39 is 0 Å². The molecule has 1 amide bonds. The van der Waals surface area contributed by atoms with E-state index in [1.807, 2.05) is 11.8 Å². The number of hydrazone groups is 1. The predicted octanol–water partition coefficient (Wildman–Crippen LogP) is 2.80. The Morgan fingerprint density at radius 3 is 2.93 bits per heavy atom. The number of amides is 1. The van der Waals surface area contributed by atoms with Crippen LogP contribution in [-0.4, -0.2) is 37.0 Å². The van der Waals surface area contributed by atoms with Gasteiger partial charge in [0.05, 0.1) is 5.69 Å². The lowest BCUT2D eigenvalue weighted by molar-refractivity contribution is -0.122. The third-order valence-electron chi connectivity index (χ3n) is 6.23. The molecule has 3 aliphatic rings. The minimum atomic E-state index is -0.292. The molecule has 0 radical (unpaired) electrons. The van der Waals surface area contributed by atoms with Gasteiger partial charge in [-0.15, -0.1) is 0 Å². The molecule has 150 valence electrons. The van der Waals surface area contributed by atoms with E-state index >= 15 is 0 Å². The summed E-state index contributed by atoms with van der Waals surface area (Å²) >= 11 is 0. The van der Waals surface area contributed by atoms with E-state index in [1.165, 1.54) is 11.1 Å². The minimum absolute atomic E-state index is 0.0863. The Morgan fingerprint density at radius 2 is 2.07 bits per heavy atom. The number of rotatable bonds is 3. The zero-order chi connectivity index (χ0) is 19.8. The zero-order valence-electron chi connectivity index (χ0n) is 16.6. The molecule has 5 rings (SSSR count). The van der Waals surface area contributed by atoms with Gasteiger partial charge in [0.2, 0.25) is 0 Å². The fourth-order valence-electron chi connectivity index (χ4n) is 4.66. The van der Waals surface area contributed by atoms with E-state index in [0.29, 0.717) is 18.6 Å². The van der Waals surface area contributed by atoms with Crippen LogP contribution in [0.2, 0.25) is 0 Å². The lowest BCUT2D eigenvalue weighted by Gasteiger charge is -2.39. The molecule has 3 aliphatic heterocycles. The van der Waals surface area contributed by atoms with E-state index in [4.69, 9.17) is 4.74 Å². The number of anilines is 1. The monoisotopic (exact) mass is 390 g/mol. The van der Waals surface area contributed by atoms with Crippen LogP contribution in [0.4, 0.5) is 5.69 Å². The number of benzene rings is 2. The third-order valence-corrected chi connectivity index (χ3v) is 6.23. The van der Waals surface area contributed by atoms with Crippen LogP contribution in [-0.2, 0) is 11.2 Å². The minimum Gasteiger partial charge on any atom is -0.483 e. The number of hydrogen-bond acceptors (Lipinski definition) is 5. The zero-order valence-corrected chi connectivity index (χ0v) is 16.6. The number of carbonyl (C=O) groups is 1. The SMILES string of the molecule is CC1C(=O)NN=C2COc3ccc([C@@H]4CCN[C@H](Cc5ccccc5)C4)cc3N21. The number of hydrogen-bond donors (Lipinski definition) is 2. The maximum Gasteiger partial charge on any atom is 0.262 e. The topological polar surface area (TPSA) is 66.0 Å². The third kappa shape index (κ3) is 3.49. The van der Waals surface area contributed by atoms with Crippen LogP contribution in [0.5, 0.6) is 5.75 Å². The second kappa shape index (κ2) is 7.52. The average molecular weight is 390 g/mol. The number of fused-ring (bicyclic) bond motifs is 3. The molecule has 0 spiro atoms. The molecule has 0 saturated carbocycles. The summed E-state index contributed by atoms with van der Waals surface area (Å²) in [5.41, 5.74) is 6.22. The lowest BCUT2D eigenvalue weighted by atomic mass is 9.84. The molecule has 2 N–H and O–H groups in total. The fourth-order valence-corrected chi connectivity index (χ4v) is 4.66. The Hall–Kier alpha value is -2.86. The smallest absolute Gasteiger partial charge is 0.262 e. The van der Waals surface area contributed by atoms with E-state index in [-0.39, 0.29) is 11.9 Å². The van der Waals surface area contributed by atoms with Crippen molar-refractivity contribution in [2.45, 2.75) is 44.2 Å². The maximum absolute atomic E-state index is 12.2. The van der Waals surface area contributed by atoms with Crippen LogP contribution in [0.15, 0.2) is 53.6 Å². The van der Waals surface area contributed by atoms with Crippen LogP contribution in [0.25, 0.3) is 0 Å². The van der Waals surface area contributed by atoms with Crippen molar-refractivity contribution in [3.63, 3.8) is 0 Å². The highest BCUT2D eigenvalue weighted by atomic mass is 16.5. The van der Waals surface area contributed by atoms with Crippen molar-refractivity contribution < 1.29 is 9.53 Å². The first-order chi connectivity index (χ1) is 14.2. The molecule has 6 heteroatoms. The maximum atomic E-state index is 12.2. The predicted molar refractivity (Wildman–Crippen MR) is 113 cm³/mol. The Labute approximate surface area is 170 Å². The van der Waals surface area contributed by atoms with Gasteiger partial charge in [-0.05, 0) is 61.9 Å². The molecule has 3 atom stereocenters. The lowest BCUT2D eigenvalue weighted by Crippen LogP contribution is -2.55. The van der Waals surface area contributed by atoms with Gasteiger partial charge in [0.1, 0.15) is 18.4 Å². The first kappa shape index (κ1) is 18.2. The molecule has 0 aliphatic carbocycles. The number of piperidine rings is 1. The Bertz CT molecular complexity index is 943. The molecular weight excluding hydrogens is 364 g/mol. The van der Waals surface area contributed by atoms with E-state index in [9.17, 15) is 4.79 Å². The van der Waals surface area contributed by atoms with Gasteiger partial charge in [0, 0.05) is 6.04 Å². The number of carbonyl (C=O) groups excluding carboxylic acids is 1. The van der Waals surface area contributed by atoms with E-state index in [1.54, 1.807) is 0 Å². The van der Waals surface area contributed by atoms with E-state index in [0.717, 1.165) is 43.1 Å². The first-order valence-corrected chi connectivity index (χ1v) is 10.4. The van der Waals surface area contributed by atoms with Crippen LogP contribution in [0, 0.1) is 0 Å². The van der Waals surface area contributed by atoms with Gasteiger partial charge in [-0.25, -0.2) is 5.43 Å². The molecule has 1 saturated heterocycles. The van der Waals surface area contributed by atoms with Crippen molar-refractivity contribution in [3.05, 3.63) is 59.7 Å². The van der Waals surface area contributed by atoms with Gasteiger partial charge in [-0.2, -0.15) is 5.10 Å². The standard InChI is InChI=1S/C23H26N4O2/c1-15-23(28)26-25-22-14-29-21-8-7-17(13-20(21)27(15)22)18-9-10-24-19(12-18)11-16-5-3-2-4-6-16/h2-8,13,15,18-19,24H,9-12,14H2,1H3,(H,26,28)/t15?,18-,19-/m1/s1. The van der Waals surface area contributed by atoms with Gasteiger partial charge in [-0.1, -0.05) is 36.4 Å². The summed E-state index contributed by atoms with van der Waals surface area (Å²) in [6.45, 7) is 3.31. The summed E-state index contributed by atoms with van der Waals surface area (Å²) in [5, 5.41) is 7.87. The Kier molecular flexibility index (Phi) is 4.72. The second-order valence-corrected chi connectivity index (χ2v) is 8.13. The molecule has 1 fully saturated rings. The molecule has 3 heterocycles. The fraction of sp³-hybridized carbons (Fsp3) is 0.391. The number of amidine groups is 1. The number of nitrogens with zero attached hydrogens (tertiary/aromatic N) is 2. The van der Waals surface area contributed by atoms with Crippen LogP contribution in [0.3, 0.4) is 0 Å². The van der Waals surface area contributed by atoms with Gasteiger partial charge >= 0.3 is 0 Å². The molecular formula is C23H26N4O2. The Morgan fingerprint density at radius 1 is 1.21 bits per heavy atom. The molecule has 29 heavy (non-hydrogen) atoms. The van der Waals surface area contributed by atoms with E-state index in [2.05, 4.69) is 64.4 Å². The van der Waals surface area contributed by atoms with Crippen molar-refractivity contribution in [1.82, 2.24) is 10.7 Å². The summed E-state index contributed by atoms with van der Waals surface area (Å²) in [7, 11) is 0.